The van der Waals surface area contributed by atoms with Crippen molar-refractivity contribution in [1.29, 1.82) is 0 Å². The molecule has 2 heterocycles. The van der Waals surface area contributed by atoms with Gasteiger partial charge in [0.05, 0.1) is 0 Å². The maximum absolute atomic E-state index is 6.20. The monoisotopic (exact) mass is 449 g/mol. The van der Waals surface area contributed by atoms with Crippen molar-refractivity contribution in [3.05, 3.63) is 11.6 Å². The van der Waals surface area contributed by atoms with Gasteiger partial charge in [-0.05, 0) is 24.7 Å². The van der Waals surface area contributed by atoms with Crippen LogP contribution in [0.2, 0.25) is 0 Å². The van der Waals surface area contributed by atoms with E-state index in [0.29, 0.717) is 0 Å². The van der Waals surface area contributed by atoms with Gasteiger partial charge in [-0.2, -0.15) is 0 Å². The number of nitrogens with two attached hydrogens (primary N) is 1. The molecule has 5 nitrogen and oxygen atoms in total. The second-order valence-electron chi connectivity index (χ2n) is 6.61. The van der Waals surface area contributed by atoms with Crippen LogP contribution >= 0.6 is 35.3 Å². The topological polar surface area (TPSA) is 57.8 Å². The molecule has 1 aromatic rings. The summed E-state index contributed by atoms with van der Waals surface area (Å²) in [6.07, 6.45) is 7.21. The van der Waals surface area contributed by atoms with Crippen LogP contribution in [0.25, 0.3) is 0 Å². The Bertz CT molecular complexity index is 477. The summed E-state index contributed by atoms with van der Waals surface area (Å²) in [6, 6.07) is 0. The zero-order valence-corrected chi connectivity index (χ0v) is 17.0. The van der Waals surface area contributed by atoms with Crippen LogP contribution < -0.4 is 10.6 Å². The third-order valence-electron chi connectivity index (χ3n) is 4.94. The van der Waals surface area contributed by atoms with Crippen molar-refractivity contribution in [3.8, 4) is 0 Å². The molecule has 2 N–H and O–H groups in total. The van der Waals surface area contributed by atoms with Gasteiger partial charge in [-0.25, -0.2) is 4.98 Å². The van der Waals surface area contributed by atoms with E-state index in [2.05, 4.69) is 26.7 Å². The van der Waals surface area contributed by atoms with Crippen LogP contribution in [0.4, 0.5) is 5.13 Å². The Labute approximate surface area is 160 Å². The van der Waals surface area contributed by atoms with Crippen molar-refractivity contribution in [2.45, 2.75) is 32.6 Å². The minimum absolute atomic E-state index is 0. The summed E-state index contributed by atoms with van der Waals surface area (Å²) in [5, 5.41) is 3.15. The lowest BCUT2D eigenvalue weighted by atomic mass is 9.83. The highest BCUT2D eigenvalue weighted by molar-refractivity contribution is 14.0. The van der Waals surface area contributed by atoms with E-state index in [1.54, 1.807) is 11.3 Å². The number of halogens is 1. The molecule has 1 aliphatic heterocycles. The number of hydrogen-bond acceptors (Lipinski definition) is 4. The van der Waals surface area contributed by atoms with Crippen molar-refractivity contribution in [3.63, 3.8) is 0 Å². The van der Waals surface area contributed by atoms with Crippen LogP contribution in [0.3, 0.4) is 0 Å². The lowest BCUT2D eigenvalue weighted by Crippen LogP contribution is -2.51. The maximum atomic E-state index is 6.20. The number of hydrogen-bond donors (Lipinski definition) is 1. The van der Waals surface area contributed by atoms with E-state index in [4.69, 9.17) is 5.73 Å². The van der Waals surface area contributed by atoms with E-state index < -0.39 is 0 Å². The molecule has 1 aliphatic carbocycles. The fourth-order valence-electron chi connectivity index (χ4n) is 3.33. The van der Waals surface area contributed by atoms with Gasteiger partial charge in [0.25, 0.3) is 0 Å². The van der Waals surface area contributed by atoms with Crippen LogP contribution in [-0.2, 0) is 0 Å². The zero-order chi connectivity index (χ0) is 15.4. The van der Waals surface area contributed by atoms with Gasteiger partial charge in [0.2, 0.25) is 0 Å². The minimum atomic E-state index is 0. The second kappa shape index (κ2) is 9.05. The lowest BCUT2D eigenvalue weighted by Gasteiger charge is -2.35. The standard InChI is InChI=1S/C16H27N5S.HI/c1-13-2-4-14(5-3-13)12-19-15(17)20-7-9-21(10-8-20)16-18-6-11-22-16;/h6,11,13-14H,2-5,7-10,12H2,1H3,(H2,17,19);1H. The van der Waals surface area contributed by atoms with Crippen LogP contribution in [-0.4, -0.2) is 48.6 Å². The Morgan fingerprint density at radius 1 is 1.26 bits per heavy atom. The van der Waals surface area contributed by atoms with E-state index >= 15 is 0 Å². The van der Waals surface area contributed by atoms with Crippen LogP contribution in [0.1, 0.15) is 32.6 Å². The molecule has 7 heteroatoms. The van der Waals surface area contributed by atoms with E-state index in [0.717, 1.165) is 55.7 Å². The first-order valence-electron chi connectivity index (χ1n) is 8.41. The van der Waals surface area contributed by atoms with E-state index in [1.807, 2.05) is 11.6 Å². The van der Waals surface area contributed by atoms with Gasteiger partial charge in [-0.1, -0.05) is 19.8 Å². The van der Waals surface area contributed by atoms with Gasteiger partial charge in [0, 0.05) is 44.3 Å². The largest absolute Gasteiger partial charge is 0.370 e. The summed E-state index contributed by atoms with van der Waals surface area (Å²) in [6.45, 7) is 7.10. The lowest BCUT2D eigenvalue weighted by molar-refractivity contribution is 0.294. The van der Waals surface area contributed by atoms with Gasteiger partial charge in [0.15, 0.2) is 11.1 Å². The normalized spacial score (nSPS) is 26.0. The van der Waals surface area contributed by atoms with Crippen LogP contribution in [0.15, 0.2) is 16.6 Å². The predicted octanol–water partition coefficient (Wildman–Crippen LogP) is 3.02. The number of thiazole rings is 1. The van der Waals surface area contributed by atoms with E-state index in [1.165, 1.54) is 25.7 Å². The van der Waals surface area contributed by atoms with Crippen molar-refractivity contribution in [1.82, 2.24) is 9.88 Å². The third kappa shape index (κ3) is 5.20. The molecule has 0 aromatic carbocycles. The molecule has 1 aromatic heterocycles. The number of guanidine groups is 1. The quantitative estimate of drug-likeness (QED) is 0.438. The fourth-order valence-corrected chi connectivity index (χ4v) is 4.03. The summed E-state index contributed by atoms with van der Waals surface area (Å²) in [7, 11) is 0. The third-order valence-corrected chi connectivity index (χ3v) is 5.77. The summed E-state index contributed by atoms with van der Waals surface area (Å²) >= 11 is 1.70. The minimum Gasteiger partial charge on any atom is -0.370 e. The highest BCUT2D eigenvalue weighted by Gasteiger charge is 2.21. The van der Waals surface area contributed by atoms with Crippen LogP contribution in [0, 0.1) is 11.8 Å². The summed E-state index contributed by atoms with van der Waals surface area (Å²) in [5.74, 6) is 2.38. The molecule has 0 amide bonds. The van der Waals surface area contributed by atoms with Crippen molar-refractivity contribution >= 4 is 46.4 Å². The molecule has 23 heavy (non-hydrogen) atoms. The zero-order valence-electron chi connectivity index (χ0n) is 13.9. The average Bonchev–Trinajstić information content (AvgIpc) is 3.09. The predicted molar refractivity (Wildman–Crippen MR) is 109 cm³/mol. The number of nitrogens with zero attached hydrogens (tertiary/aromatic N) is 4. The summed E-state index contributed by atoms with van der Waals surface area (Å²) in [4.78, 5) is 13.6. The second-order valence-corrected chi connectivity index (χ2v) is 7.49. The highest BCUT2D eigenvalue weighted by atomic mass is 127. The van der Waals surface area contributed by atoms with Crippen LogP contribution in [0.5, 0.6) is 0 Å². The number of aromatic nitrogens is 1. The van der Waals surface area contributed by atoms with Gasteiger partial charge in [0.1, 0.15) is 0 Å². The molecule has 0 spiro atoms. The first kappa shape index (κ1) is 18.8. The molecule has 1 saturated heterocycles. The first-order chi connectivity index (χ1) is 10.7. The van der Waals surface area contributed by atoms with Crippen molar-refractivity contribution in [2.75, 3.05) is 37.6 Å². The van der Waals surface area contributed by atoms with Crippen molar-refractivity contribution in [2.24, 2.45) is 22.6 Å². The molecule has 1 saturated carbocycles. The van der Waals surface area contributed by atoms with Crippen molar-refractivity contribution < 1.29 is 0 Å². The molecule has 2 fully saturated rings. The summed E-state index contributed by atoms with van der Waals surface area (Å²) in [5.41, 5.74) is 6.20. The maximum Gasteiger partial charge on any atom is 0.191 e. The molecule has 2 aliphatic rings. The average molecular weight is 449 g/mol. The number of anilines is 1. The highest BCUT2D eigenvalue weighted by Crippen LogP contribution is 2.28. The van der Waals surface area contributed by atoms with E-state index in [9.17, 15) is 0 Å². The Morgan fingerprint density at radius 2 is 1.96 bits per heavy atom. The smallest absolute Gasteiger partial charge is 0.191 e. The molecule has 0 unspecified atom stereocenters. The van der Waals surface area contributed by atoms with Gasteiger partial charge >= 0.3 is 0 Å². The SMILES string of the molecule is CC1CCC(CN=C(N)N2CCN(c3nccs3)CC2)CC1.I. The van der Waals surface area contributed by atoms with Gasteiger partial charge < -0.3 is 15.5 Å². The van der Waals surface area contributed by atoms with Gasteiger partial charge in [-0.15, -0.1) is 35.3 Å². The Hall–Kier alpha value is -0.570. The molecule has 0 bridgehead atoms. The molecule has 0 radical (unpaired) electrons. The molecule has 3 rings (SSSR count). The number of piperazine rings is 1. The number of aliphatic imine (C=N–C) groups is 1. The van der Waals surface area contributed by atoms with E-state index in [-0.39, 0.29) is 24.0 Å². The molecule has 0 atom stereocenters. The fraction of sp³-hybridized carbons (Fsp3) is 0.750. The molecule has 130 valence electrons. The molecular weight excluding hydrogens is 421 g/mol. The first-order valence-corrected chi connectivity index (χ1v) is 9.29. The number of rotatable bonds is 3. The van der Waals surface area contributed by atoms with Gasteiger partial charge in [-0.3, -0.25) is 4.99 Å². The summed E-state index contributed by atoms with van der Waals surface area (Å²) < 4.78 is 0. The Kier molecular flexibility index (Phi) is 7.39. The Morgan fingerprint density at radius 3 is 2.57 bits per heavy atom. The molecular formula is C16H28IN5S. The Balaban J connectivity index is 0.00000192.